The van der Waals surface area contributed by atoms with Gasteiger partial charge in [-0.3, -0.25) is 0 Å². The highest BCUT2D eigenvalue weighted by Crippen LogP contribution is 2.26. The first kappa shape index (κ1) is 9.02. The zero-order chi connectivity index (χ0) is 10.3. The van der Waals surface area contributed by atoms with Gasteiger partial charge in [-0.15, -0.1) is 0 Å². The molecule has 0 aliphatic carbocycles. The number of carboxylic acids is 1. The maximum atomic E-state index is 13.0. The molecular weight excluding hydrogens is 209 g/mol. The number of carboxylic acid groups (broad SMARTS) is 1. The number of fused-ring (bicyclic) bond motifs is 1. The lowest BCUT2D eigenvalue weighted by Crippen LogP contribution is -1.94. The van der Waals surface area contributed by atoms with Crippen LogP contribution in [-0.2, 0) is 0 Å². The van der Waals surface area contributed by atoms with Crippen LogP contribution in [-0.4, -0.2) is 16.1 Å². The predicted molar refractivity (Wildman–Crippen MR) is 50.2 cm³/mol. The van der Waals surface area contributed by atoms with Crippen LogP contribution < -0.4 is 0 Å². The first-order chi connectivity index (χ1) is 6.59. The molecule has 0 saturated heterocycles. The number of aromatic nitrogens is 1. The lowest BCUT2D eigenvalue weighted by atomic mass is 10.2. The van der Waals surface area contributed by atoms with E-state index in [-0.39, 0.29) is 10.7 Å². The molecule has 1 aromatic carbocycles. The summed E-state index contributed by atoms with van der Waals surface area (Å²) in [7, 11) is 0. The third kappa shape index (κ3) is 1.24. The van der Waals surface area contributed by atoms with E-state index < -0.39 is 11.8 Å². The number of carbonyl (C=O) groups is 1. The van der Waals surface area contributed by atoms with Crippen molar-refractivity contribution >= 4 is 28.5 Å². The standard InChI is InChI=1S/C9H5ClFNO2/c10-7-5(11)2-1-4-3-6(9(13)14)12-8(4)7/h1-3,12H,(H,13,14). The smallest absolute Gasteiger partial charge is 0.352 e. The van der Waals surface area contributed by atoms with Gasteiger partial charge in [-0.05, 0) is 18.2 Å². The number of rotatable bonds is 1. The van der Waals surface area contributed by atoms with Crippen molar-refractivity contribution in [3.63, 3.8) is 0 Å². The Morgan fingerprint density at radius 3 is 2.86 bits per heavy atom. The van der Waals surface area contributed by atoms with Crippen molar-refractivity contribution in [2.24, 2.45) is 0 Å². The molecule has 1 heterocycles. The number of aromatic amines is 1. The summed E-state index contributed by atoms with van der Waals surface area (Å²) in [6.45, 7) is 0. The lowest BCUT2D eigenvalue weighted by molar-refractivity contribution is 0.0691. The molecule has 0 unspecified atom stereocenters. The van der Waals surface area contributed by atoms with Crippen LogP contribution in [0, 0.1) is 5.82 Å². The zero-order valence-corrected chi connectivity index (χ0v) is 7.60. The Balaban J connectivity index is 2.77. The molecule has 5 heteroatoms. The third-order valence-electron chi connectivity index (χ3n) is 1.92. The lowest BCUT2D eigenvalue weighted by Gasteiger charge is -1.94. The number of H-pyrrole nitrogens is 1. The zero-order valence-electron chi connectivity index (χ0n) is 6.84. The summed E-state index contributed by atoms with van der Waals surface area (Å²) >= 11 is 5.64. The summed E-state index contributed by atoms with van der Waals surface area (Å²) in [6.07, 6.45) is 0. The molecule has 14 heavy (non-hydrogen) atoms. The summed E-state index contributed by atoms with van der Waals surface area (Å²) in [5, 5.41) is 9.17. The van der Waals surface area contributed by atoms with Crippen LogP contribution in [0.5, 0.6) is 0 Å². The Labute approximate surface area is 83.1 Å². The Bertz CT molecular complexity index is 521. The normalized spacial score (nSPS) is 10.7. The topological polar surface area (TPSA) is 53.1 Å². The quantitative estimate of drug-likeness (QED) is 0.765. The van der Waals surface area contributed by atoms with Crippen molar-refractivity contribution in [3.05, 3.63) is 34.7 Å². The van der Waals surface area contributed by atoms with Crippen LogP contribution in [0.25, 0.3) is 10.9 Å². The molecule has 0 radical (unpaired) electrons. The van der Waals surface area contributed by atoms with Crippen molar-refractivity contribution in [2.75, 3.05) is 0 Å². The minimum atomic E-state index is -1.10. The molecule has 0 aliphatic rings. The summed E-state index contributed by atoms with van der Waals surface area (Å²) < 4.78 is 13.0. The van der Waals surface area contributed by atoms with E-state index in [1.165, 1.54) is 18.2 Å². The Hall–Kier alpha value is -1.55. The van der Waals surface area contributed by atoms with Crippen molar-refractivity contribution < 1.29 is 14.3 Å². The number of hydrogen-bond donors (Lipinski definition) is 2. The van der Waals surface area contributed by atoms with Crippen LogP contribution in [0.15, 0.2) is 18.2 Å². The van der Waals surface area contributed by atoms with Crippen LogP contribution >= 0.6 is 11.6 Å². The van der Waals surface area contributed by atoms with Crippen LogP contribution in [0.2, 0.25) is 5.02 Å². The van der Waals surface area contributed by atoms with E-state index in [1.807, 2.05) is 0 Å². The van der Waals surface area contributed by atoms with Gasteiger partial charge in [-0.2, -0.15) is 0 Å². The summed E-state index contributed by atoms with van der Waals surface area (Å²) in [4.78, 5) is 13.1. The molecule has 0 atom stereocenters. The molecule has 2 rings (SSSR count). The van der Waals surface area contributed by atoms with E-state index in [0.717, 1.165) is 0 Å². The molecule has 0 aliphatic heterocycles. The summed E-state index contributed by atoms with van der Waals surface area (Å²) in [5.41, 5.74) is 0.302. The van der Waals surface area contributed by atoms with Crippen LogP contribution in [0.1, 0.15) is 10.5 Å². The Morgan fingerprint density at radius 2 is 2.21 bits per heavy atom. The van der Waals surface area contributed by atoms with Gasteiger partial charge in [0, 0.05) is 5.39 Å². The molecule has 0 bridgehead atoms. The molecule has 0 fully saturated rings. The van der Waals surface area contributed by atoms with E-state index >= 15 is 0 Å². The Morgan fingerprint density at radius 1 is 1.50 bits per heavy atom. The second-order valence-electron chi connectivity index (χ2n) is 2.81. The van der Waals surface area contributed by atoms with Crippen molar-refractivity contribution in [2.45, 2.75) is 0 Å². The van der Waals surface area contributed by atoms with Gasteiger partial charge in [-0.1, -0.05) is 11.6 Å². The number of aromatic carboxylic acids is 1. The SMILES string of the molecule is O=C(O)c1cc2ccc(F)c(Cl)c2[nH]1. The van der Waals surface area contributed by atoms with Gasteiger partial charge in [0.25, 0.3) is 0 Å². The van der Waals surface area contributed by atoms with Gasteiger partial charge < -0.3 is 10.1 Å². The minimum absolute atomic E-state index is 0.00694. The monoisotopic (exact) mass is 213 g/mol. The van der Waals surface area contributed by atoms with Crippen molar-refractivity contribution in [3.8, 4) is 0 Å². The second kappa shape index (κ2) is 2.99. The minimum Gasteiger partial charge on any atom is -0.477 e. The summed E-state index contributed by atoms with van der Waals surface area (Å²) in [5.74, 6) is -1.67. The van der Waals surface area contributed by atoms with Crippen LogP contribution in [0.4, 0.5) is 4.39 Å². The van der Waals surface area contributed by atoms with Gasteiger partial charge in [0.05, 0.1) is 5.52 Å². The van der Waals surface area contributed by atoms with Gasteiger partial charge >= 0.3 is 5.97 Å². The highest BCUT2D eigenvalue weighted by atomic mass is 35.5. The fourth-order valence-electron chi connectivity index (χ4n) is 1.25. The average molecular weight is 214 g/mol. The molecule has 2 aromatic rings. The van der Waals surface area contributed by atoms with E-state index in [4.69, 9.17) is 16.7 Å². The van der Waals surface area contributed by atoms with E-state index in [9.17, 15) is 9.18 Å². The number of hydrogen-bond acceptors (Lipinski definition) is 1. The van der Waals surface area contributed by atoms with Gasteiger partial charge in [0.15, 0.2) is 0 Å². The fraction of sp³-hybridized carbons (Fsp3) is 0. The average Bonchev–Trinajstić information content (AvgIpc) is 2.56. The highest BCUT2D eigenvalue weighted by Gasteiger charge is 2.11. The first-order valence-electron chi connectivity index (χ1n) is 3.79. The van der Waals surface area contributed by atoms with E-state index in [0.29, 0.717) is 10.9 Å². The van der Waals surface area contributed by atoms with Crippen molar-refractivity contribution in [1.29, 1.82) is 0 Å². The molecular formula is C9H5ClFNO2. The van der Waals surface area contributed by atoms with Crippen LogP contribution in [0.3, 0.4) is 0 Å². The first-order valence-corrected chi connectivity index (χ1v) is 4.17. The van der Waals surface area contributed by atoms with Crippen molar-refractivity contribution in [1.82, 2.24) is 4.98 Å². The van der Waals surface area contributed by atoms with E-state index in [1.54, 1.807) is 0 Å². The number of halogens is 2. The predicted octanol–water partition coefficient (Wildman–Crippen LogP) is 2.66. The van der Waals surface area contributed by atoms with Gasteiger partial charge in [0.2, 0.25) is 0 Å². The fourth-order valence-corrected chi connectivity index (χ4v) is 1.47. The third-order valence-corrected chi connectivity index (χ3v) is 2.29. The molecule has 1 aromatic heterocycles. The number of benzene rings is 1. The molecule has 0 spiro atoms. The maximum absolute atomic E-state index is 13.0. The second-order valence-corrected chi connectivity index (χ2v) is 3.19. The molecule has 0 amide bonds. The Kier molecular flexibility index (Phi) is 1.93. The molecule has 72 valence electrons. The largest absolute Gasteiger partial charge is 0.477 e. The molecule has 2 N–H and O–H groups in total. The highest BCUT2D eigenvalue weighted by molar-refractivity contribution is 6.35. The molecule has 3 nitrogen and oxygen atoms in total. The van der Waals surface area contributed by atoms with E-state index in [2.05, 4.69) is 4.98 Å². The summed E-state index contributed by atoms with van der Waals surface area (Å²) in [6, 6.07) is 4.08. The number of nitrogens with one attached hydrogen (secondary N) is 1. The maximum Gasteiger partial charge on any atom is 0.352 e. The molecule has 0 saturated carbocycles. The van der Waals surface area contributed by atoms with Gasteiger partial charge in [-0.25, -0.2) is 9.18 Å². The van der Waals surface area contributed by atoms with Gasteiger partial charge in [0.1, 0.15) is 16.5 Å².